The molecule has 0 radical (unpaired) electrons. The third-order valence-electron chi connectivity index (χ3n) is 2.79. The van der Waals surface area contributed by atoms with Gasteiger partial charge in [-0.25, -0.2) is 0 Å². The Morgan fingerprint density at radius 2 is 2.47 bits per heavy atom. The van der Waals surface area contributed by atoms with Crippen molar-refractivity contribution in [3.05, 3.63) is 18.0 Å². The Kier molecular flexibility index (Phi) is 2.86. The van der Waals surface area contributed by atoms with Gasteiger partial charge in [-0.2, -0.15) is 5.10 Å². The summed E-state index contributed by atoms with van der Waals surface area (Å²) in [6.45, 7) is 5.05. The number of carbonyl (C=O) groups is 1. The minimum absolute atomic E-state index is 0.00909. The summed E-state index contributed by atoms with van der Waals surface area (Å²) in [5, 5.41) is 7.38. The van der Waals surface area contributed by atoms with E-state index < -0.39 is 0 Å². The van der Waals surface area contributed by atoms with Crippen LogP contribution in [0.5, 0.6) is 0 Å². The largest absolute Gasteiger partial charge is 0.307 e. The van der Waals surface area contributed by atoms with E-state index in [9.17, 15) is 4.79 Å². The molecule has 1 aromatic heterocycles. The fourth-order valence-corrected chi connectivity index (χ4v) is 1.86. The van der Waals surface area contributed by atoms with Gasteiger partial charge in [-0.05, 0) is 33.2 Å². The summed E-state index contributed by atoms with van der Waals surface area (Å²) < 4.78 is 1.82. The van der Waals surface area contributed by atoms with E-state index in [1.165, 1.54) is 0 Å². The second kappa shape index (κ2) is 4.14. The number of nitrogens with zero attached hydrogens (tertiary/aromatic N) is 2. The molecule has 0 aromatic carbocycles. The van der Waals surface area contributed by atoms with Crippen LogP contribution in [0.2, 0.25) is 0 Å². The first-order chi connectivity index (χ1) is 7.18. The lowest BCUT2D eigenvalue weighted by atomic mass is 10.1. The number of hydrogen-bond acceptors (Lipinski definition) is 3. The molecule has 82 valence electrons. The quantitative estimate of drug-likeness (QED) is 0.762. The zero-order valence-electron chi connectivity index (χ0n) is 9.23. The molecule has 4 nitrogen and oxygen atoms in total. The Bertz CT molecular complexity index is 350. The van der Waals surface area contributed by atoms with E-state index in [2.05, 4.69) is 24.3 Å². The first-order valence-electron chi connectivity index (χ1n) is 5.50. The smallest absolute Gasteiger partial charge is 0.182 e. The molecule has 1 aromatic rings. The molecule has 0 saturated carbocycles. The van der Waals surface area contributed by atoms with Crippen molar-refractivity contribution in [1.82, 2.24) is 15.1 Å². The van der Waals surface area contributed by atoms with Gasteiger partial charge in [-0.3, -0.25) is 9.48 Å². The van der Waals surface area contributed by atoms with Gasteiger partial charge in [-0.1, -0.05) is 0 Å². The van der Waals surface area contributed by atoms with Gasteiger partial charge in [0.05, 0.1) is 17.8 Å². The summed E-state index contributed by atoms with van der Waals surface area (Å²) in [6, 6.07) is 0.317. The molecule has 0 bridgehead atoms. The van der Waals surface area contributed by atoms with Crippen molar-refractivity contribution in [1.29, 1.82) is 0 Å². The Morgan fingerprint density at radius 3 is 3.00 bits per heavy atom. The van der Waals surface area contributed by atoms with Gasteiger partial charge in [0.1, 0.15) is 0 Å². The molecule has 2 heterocycles. The number of carbonyl (C=O) groups excluding carboxylic acids is 1. The molecule has 1 fully saturated rings. The third kappa shape index (κ3) is 2.09. The van der Waals surface area contributed by atoms with Gasteiger partial charge >= 0.3 is 0 Å². The van der Waals surface area contributed by atoms with Gasteiger partial charge in [0.25, 0.3) is 0 Å². The minimum Gasteiger partial charge on any atom is -0.307 e. The lowest BCUT2D eigenvalue weighted by Crippen LogP contribution is -2.30. The van der Waals surface area contributed by atoms with Crippen LogP contribution in [0.15, 0.2) is 12.4 Å². The van der Waals surface area contributed by atoms with Crippen molar-refractivity contribution in [3.63, 3.8) is 0 Å². The van der Waals surface area contributed by atoms with E-state index in [1.807, 2.05) is 10.9 Å². The van der Waals surface area contributed by atoms with Crippen molar-refractivity contribution in [2.75, 3.05) is 6.54 Å². The zero-order valence-corrected chi connectivity index (χ0v) is 9.23. The van der Waals surface area contributed by atoms with Crippen LogP contribution in [0.4, 0.5) is 0 Å². The van der Waals surface area contributed by atoms with Gasteiger partial charge in [0, 0.05) is 12.2 Å². The second-order valence-electron chi connectivity index (χ2n) is 4.32. The van der Waals surface area contributed by atoms with E-state index in [-0.39, 0.29) is 11.8 Å². The summed E-state index contributed by atoms with van der Waals surface area (Å²) in [5.74, 6) is 0.180. The average Bonchev–Trinajstić information content (AvgIpc) is 2.88. The maximum Gasteiger partial charge on any atom is 0.182 e. The van der Waals surface area contributed by atoms with Crippen molar-refractivity contribution in [2.24, 2.45) is 0 Å². The first-order valence-corrected chi connectivity index (χ1v) is 5.50. The van der Waals surface area contributed by atoms with Crippen molar-refractivity contribution in [2.45, 2.75) is 38.8 Å². The van der Waals surface area contributed by atoms with Crippen molar-refractivity contribution < 1.29 is 4.79 Å². The Hall–Kier alpha value is -1.16. The Labute approximate surface area is 89.7 Å². The lowest BCUT2D eigenvalue weighted by Gasteiger charge is -2.06. The maximum absolute atomic E-state index is 12.0. The molecule has 1 aliphatic rings. The molecule has 0 aliphatic carbocycles. The minimum atomic E-state index is 0.00909. The molecule has 0 spiro atoms. The first kappa shape index (κ1) is 10.4. The van der Waals surface area contributed by atoms with Crippen LogP contribution >= 0.6 is 0 Å². The summed E-state index contributed by atoms with van der Waals surface area (Å²) >= 11 is 0. The Morgan fingerprint density at radius 1 is 1.67 bits per heavy atom. The number of rotatable bonds is 3. The van der Waals surface area contributed by atoms with Crippen LogP contribution in [0.25, 0.3) is 0 Å². The van der Waals surface area contributed by atoms with E-state index >= 15 is 0 Å². The number of ketones is 1. The highest BCUT2D eigenvalue weighted by atomic mass is 16.1. The van der Waals surface area contributed by atoms with E-state index in [4.69, 9.17) is 0 Å². The van der Waals surface area contributed by atoms with Crippen LogP contribution in [0.1, 0.15) is 43.1 Å². The topological polar surface area (TPSA) is 46.9 Å². The molecule has 1 aliphatic heterocycles. The molecule has 1 atom stereocenters. The lowest BCUT2D eigenvalue weighted by molar-refractivity contribution is 0.0952. The number of Topliss-reactive ketones (excluding diaryl/α,β-unsaturated/α-hetero) is 1. The van der Waals surface area contributed by atoms with E-state index in [0.717, 1.165) is 24.9 Å². The summed E-state index contributed by atoms with van der Waals surface area (Å²) in [6.07, 6.45) is 5.55. The van der Waals surface area contributed by atoms with Crippen LogP contribution in [0.3, 0.4) is 0 Å². The summed E-state index contributed by atoms with van der Waals surface area (Å²) in [5.41, 5.74) is 0.725. The SMILES string of the molecule is CC(C)n1cc(C(=O)C2CCCN2)cn1. The third-order valence-corrected chi connectivity index (χ3v) is 2.79. The van der Waals surface area contributed by atoms with Gasteiger partial charge in [0.2, 0.25) is 0 Å². The van der Waals surface area contributed by atoms with Crippen LogP contribution in [-0.2, 0) is 0 Å². The Balaban J connectivity index is 2.11. The fraction of sp³-hybridized carbons (Fsp3) is 0.636. The number of nitrogens with one attached hydrogen (secondary N) is 1. The van der Waals surface area contributed by atoms with Crippen LogP contribution in [-0.4, -0.2) is 28.2 Å². The standard InChI is InChI=1S/C11H17N3O/c1-8(2)14-7-9(6-13-14)11(15)10-4-3-5-12-10/h6-8,10,12H,3-5H2,1-2H3. The fourth-order valence-electron chi connectivity index (χ4n) is 1.86. The second-order valence-corrected chi connectivity index (χ2v) is 4.32. The normalized spacial score (nSPS) is 21.1. The molecule has 1 saturated heterocycles. The van der Waals surface area contributed by atoms with Crippen molar-refractivity contribution in [3.8, 4) is 0 Å². The monoisotopic (exact) mass is 207 g/mol. The van der Waals surface area contributed by atoms with E-state index in [1.54, 1.807) is 6.20 Å². The highest BCUT2D eigenvalue weighted by Crippen LogP contribution is 2.13. The number of hydrogen-bond donors (Lipinski definition) is 1. The zero-order chi connectivity index (χ0) is 10.8. The highest BCUT2D eigenvalue weighted by Gasteiger charge is 2.24. The summed E-state index contributed by atoms with van der Waals surface area (Å²) in [7, 11) is 0. The molecular formula is C11H17N3O. The maximum atomic E-state index is 12.0. The van der Waals surface area contributed by atoms with Crippen molar-refractivity contribution >= 4 is 5.78 Å². The molecule has 1 unspecified atom stereocenters. The predicted molar refractivity (Wildman–Crippen MR) is 58.0 cm³/mol. The summed E-state index contributed by atoms with van der Waals surface area (Å²) in [4.78, 5) is 12.0. The molecule has 1 N–H and O–H groups in total. The molecular weight excluding hydrogens is 190 g/mol. The number of aromatic nitrogens is 2. The van der Waals surface area contributed by atoms with Crippen LogP contribution < -0.4 is 5.32 Å². The van der Waals surface area contributed by atoms with Gasteiger partial charge in [0.15, 0.2) is 5.78 Å². The van der Waals surface area contributed by atoms with E-state index in [0.29, 0.717) is 6.04 Å². The molecule has 15 heavy (non-hydrogen) atoms. The predicted octanol–water partition coefficient (Wildman–Crippen LogP) is 1.40. The molecule has 0 amide bonds. The highest BCUT2D eigenvalue weighted by molar-refractivity contribution is 5.99. The van der Waals surface area contributed by atoms with Crippen LogP contribution in [0, 0.1) is 0 Å². The average molecular weight is 207 g/mol. The molecule has 2 rings (SSSR count). The van der Waals surface area contributed by atoms with Gasteiger partial charge < -0.3 is 5.32 Å². The molecule has 4 heteroatoms. The van der Waals surface area contributed by atoms with Gasteiger partial charge in [-0.15, -0.1) is 0 Å².